The van der Waals surface area contributed by atoms with Crippen LogP contribution < -0.4 is 15.8 Å². The zero-order valence-electron chi connectivity index (χ0n) is 12.1. The Morgan fingerprint density at radius 3 is 2.67 bits per heavy atom. The summed E-state index contributed by atoms with van der Waals surface area (Å²) in [5.41, 5.74) is 7.68. The van der Waals surface area contributed by atoms with Gasteiger partial charge < -0.3 is 15.8 Å². The van der Waals surface area contributed by atoms with Gasteiger partial charge in [-0.15, -0.1) is 0 Å². The highest BCUT2D eigenvalue weighted by molar-refractivity contribution is 5.95. The largest absolute Gasteiger partial charge is 0.494 e. The summed E-state index contributed by atoms with van der Waals surface area (Å²) in [5, 5.41) is 2.82. The van der Waals surface area contributed by atoms with Gasteiger partial charge in [-0.25, -0.2) is 0 Å². The highest BCUT2D eigenvalue weighted by atomic mass is 16.5. The fourth-order valence-electron chi connectivity index (χ4n) is 2.03. The average molecular weight is 284 g/mol. The molecule has 4 nitrogen and oxygen atoms in total. The van der Waals surface area contributed by atoms with Crippen LogP contribution in [0.5, 0.6) is 5.75 Å². The van der Waals surface area contributed by atoms with Crippen LogP contribution in [-0.2, 0) is 11.2 Å². The predicted molar refractivity (Wildman–Crippen MR) is 84.4 cm³/mol. The standard InChI is InChI=1S/C17H20N2O2/c1-2-21-15-10-6-9-14(12-15)19-17(20)16(18)11-13-7-4-3-5-8-13/h3-10,12,16H,2,11,18H2,1H3,(H,19,20). The zero-order chi connectivity index (χ0) is 15.1. The number of carbonyl (C=O) groups is 1. The molecule has 0 aliphatic heterocycles. The average Bonchev–Trinajstić information content (AvgIpc) is 2.49. The number of amides is 1. The second kappa shape index (κ2) is 7.45. The maximum Gasteiger partial charge on any atom is 0.241 e. The van der Waals surface area contributed by atoms with E-state index in [0.29, 0.717) is 18.7 Å². The van der Waals surface area contributed by atoms with Crippen molar-refractivity contribution in [1.29, 1.82) is 0 Å². The number of benzene rings is 2. The Morgan fingerprint density at radius 2 is 1.95 bits per heavy atom. The Bertz CT molecular complexity index is 584. The van der Waals surface area contributed by atoms with Gasteiger partial charge in [-0.05, 0) is 31.0 Å². The molecule has 1 unspecified atom stereocenters. The lowest BCUT2D eigenvalue weighted by Gasteiger charge is -2.13. The molecule has 0 saturated carbocycles. The molecule has 1 amide bonds. The van der Waals surface area contributed by atoms with E-state index in [-0.39, 0.29) is 5.91 Å². The molecule has 0 fully saturated rings. The van der Waals surface area contributed by atoms with E-state index in [4.69, 9.17) is 10.5 Å². The van der Waals surface area contributed by atoms with Gasteiger partial charge in [0.2, 0.25) is 5.91 Å². The maximum absolute atomic E-state index is 12.1. The van der Waals surface area contributed by atoms with Gasteiger partial charge in [0.25, 0.3) is 0 Å². The molecule has 0 aromatic heterocycles. The van der Waals surface area contributed by atoms with E-state index in [0.717, 1.165) is 11.3 Å². The number of anilines is 1. The van der Waals surface area contributed by atoms with Crippen LogP contribution in [0.4, 0.5) is 5.69 Å². The molecule has 0 spiro atoms. The first-order valence-corrected chi connectivity index (χ1v) is 7.02. The van der Waals surface area contributed by atoms with Crippen molar-refractivity contribution in [2.45, 2.75) is 19.4 Å². The van der Waals surface area contributed by atoms with Gasteiger partial charge in [0.05, 0.1) is 12.6 Å². The first-order chi connectivity index (χ1) is 10.2. The van der Waals surface area contributed by atoms with Crippen molar-refractivity contribution in [3.63, 3.8) is 0 Å². The van der Waals surface area contributed by atoms with Crippen LogP contribution in [0.3, 0.4) is 0 Å². The lowest BCUT2D eigenvalue weighted by atomic mass is 10.1. The third kappa shape index (κ3) is 4.61. The molecule has 0 aliphatic rings. The van der Waals surface area contributed by atoms with E-state index >= 15 is 0 Å². The van der Waals surface area contributed by atoms with Gasteiger partial charge in [-0.2, -0.15) is 0 Å². The van der Waals surface area contributed by atoms with Crippen LogP contribution in [0.2, 0.25) is 0 Å². The summed E-state index contributed by atoms with van der Waals surface area (Å²) >= 11 is 0. The quantitative estimate of drug-likeness (QED) is 0.857. The van der Waals surface area contributed by atoms with E-state index in [1.54, 1.807) is 6.07 Å². The molecule has 0 bridgehead atoms. The molecule has 110 valence electrons. The van der Waals surface area contributed by atoms with E-state index < -0.39 is 6.04 Å². The van der Waals surface area contributed by atoms with Crippen molar-refractivity contribution in [2.75, 3.05) is 11.9 Å². The monoisotopic (exact) mass is 284 g/mol. The molecule has 0 heterocycles. The third-order valence-electron chi connectivity index (χ3n) is 3.05. The number of hydrogen-bond donors (Lipinski definition) is 2. The van der Waals surface area contributed by atoms with E-state index in [1.165, 1.54) is 0 Å². The minimum atomic E-state index is -0.580. The second-order valence-corrected chi connectivity index (χ2v) is 4.75. The van der Waals surface area contributed by atoms with Crippen LogP contribution in [0.15, 0.2) is 54.6 Å². The Balaban J connectivity index is 1.95. The Labute approximate surface area is 124 Å². The normalized spacial score (nSPS) is 11.7. The number of hydrogen-bond acceptors (Lipinski definition) is 3. The first kappa shape index (κ1) is 15.1. The summed E-state index contributed by atoms with van der Waals surface area (Å²) in [6, 6.07) is 16.4. The van der Waals surface area contributed by atoms with E-state index in [9.17, 15) is 4.79 Å². The topological polar surface area (TPSA) is 64.3 Å². The highest BCUT2D eigenvalue weighted by Gasteiger charge is 2.14. The predicted octanol–water partition coefficient (Wildman–Crippen LogP) is 2.59. The van der Waals surface area contributed by atoms with Gasteiger partial charge in [0.15, 0.2) is 0 Å². The minimum absolute atomic E-state index is 0.201. The van der Waals surface area contributed by atoms with Crippen molar-refractivity contribution in [3.05, 3.63) is 60.2 Å². The number of nitrogens with two attached hydrogens (primary N) is 1. The first-order valence-electron chi connectivity index (χ1n) is 7.02. The molecule has 2 rings (SSSR count). The fourth-order valence-corrected chi connectivity index (χ4v) is 2.03. The minimum Gasteiger partial charge on any atom is -0.494 e. The van der Waals surface area contributed by atoms with Gasteiger partial charge in [-0.1, -0.05) is 36.4 Å². The van der Waals surface area contributed by atoms with Crippen molar-refractivity contribution in [1.82, 2.24) is 0 Å². The smallest absolute Gasteiger partial charge is 0.241 e. The lowest BCUT2D eigenvalue weighted by Crippen LogP contribution is -2.37. The second-order valence-electron chi connectivity index (χ2n) is 4.75. The van der Waals surface area contributed by atoms with Crippen molar-refractivity contribution >= 4 is 11.6 Å². The molecule has 4 heteroatoms. The lowest BCUT2D eigenvalue weighted by molar-refractivity contribution is -0.117. The summed E-state index contributed by atoms with van der Waals surface area (Å²) in [6.45, 7) is 2.51. The SMILES string of the molecule is CCOc1cccc(NC(=O)C(N)Cc2ccccc2)c1. The Morgan fingerprint density at radius 1 is 1.19 bits per heavy atom. The number of carbonyl (C=O) groups excluding carboxylic acids is 1. The highest BCUT2D eigenvalue weighted by Crippen LogP contribution is 2.17. The zero-order valence-corrected chi connectivity index (χ0v) is 12.1. The van der Waals surface area contributed by atoms with Crippen LogP contribution in [-0.4, -0.2) is 18.6 Å². The Kier molecular flexibility index (Phi) is 5.35. The summed E-state index contributed by atoms with van der Waals surface area (Å²) < 4.78 is 5.40. The molecule has 2 aromatic carbocycles. The number of rotatable bonds is 6. The molecule has 1 atom stereocenters. The molecule has 21 heavy (non-hydrogen) atoms. The van der Waals surface area contributed by atoms with Crippen LogP contribution in [0.25, 0.3) is 0 Å². The van der Waals surface area contributed by atoms with Crippen LogP contribution in [0.1, 0.15) is 12.5 Å². The van der Waals surface area contributed by atoms with Crippen LogP contribution in [0, 0.1) is 0 Å². The summed E-state index contributed by atoms with van der Waals surface area (Å²) in [6.07, 6.45) is 0.512. The molecular formula is C17H20N2O2. The molecule has 3 N–H and O–H groups in total. The third-order valence-corrected chi connectivity index (χ3v) is 3.05. The van der Waals surface area contributed by atoms with E-state index in [1.807, 2.05) is 55.5 Å². The van der Waals surface area contributed by atoms with Gasteiger partial charge in [0.1, 0.15) is 5.75 Å². The fraction of sp³-hybridized carbons (Fsp3) is 0.235. The van der Waals surface area contributed by atoms with Gasteiger partial charge in [-0.3, -0.25) is 4.79 Å². The van der Waals surface area contributed by atoms with E-state index in [2.05, 4.69) is 5.32 Å². The van der Waals surface area contributed by atoms with Crippen molar-refractivity contribution in [3.8, 4) is 5.75 Å². The molecule has 0 radical (unpaired) electrons. The van der Waals surface area contributed by atoms with Gasteiger partial charge in [0, 0.05) is 11.8 Å². The van der Waals surface area contributed by atoms with Crippen molar-refractivity contribution in [2.24, 2.45) is 5.73 Å². The summed E-state index contributed by atoms with van der Waals surface area (Å²) in [5.74, 6) is 0.527. The number of nitrogens with one attached hydrogen (secondary N) is 1. The molecular weight excluding hydrogens is 264 g/mol. The van der Waals surface area contributed by atoms with Crippen LogP contribution >= 0.6 is 0 Å². The molecule has 2 aromatic rings. The maximum atomic E-state index is 12.1. The Hall–Kier alpha value is -2.33. The summed E-state index contributed by atoms with van der Waals surface area (Å²) in [7, 11) is 0. The molecule has 0 saturated heterocycles. The van der Waals surface area contributed by atoms with Gasteiger partial charge >= 0.3 is 0 Å². The van der Waals surface area contributed by atoms with Crippen molar-refractivity contribution < 1.29 is 9.53 Å². The summed E-state index contributed by atoms with van der Waals surface area (Å²) in [4.78, 5) is 12.1. The number of ether oxygens (including phenoxy) is 1. The molecule has 0 aliphatic carbocycles.